The fraction of sp³-hybridized carbons (Fsp3) is 0.231. The highest BCUT2D eigenvalue weighted by molar-refractivity contribution is 7.10. The van der Waals surface area contributed by atoms with E-state index in [1.807, 2.05) is 24.4 Å². The smallest absolute Gasteiger partial charge is 0.257 e. The van der Waals surface area contributed by atoms with Crippen molar-refractivity contribution in [2.24, 2.45) is 0 Å². The summed E-state index contributed by atoms with van der Waals surface area (Å²) in [5.74, 6) is 0.161. The van der Waals surface area contributed by atoms with Crippen LogP contribution in [0.5, 0.6) is 0 Å². The van der Waals surface area contributed by atoms with Gasteiger partial charge in [0.25, 0.3) is 5.91 Å². The molecule has 0 aliphatic rings. The maximum atomic E-state index is 12.3. The molecule has 0 radical (unpaired) electrons. The van der Waals surface area contributed by atoms with Gasteiger partial charge in [0.2, 0.25) is 0 Å². The molecule has 0 saturated heterocycles. The highest BCUT2D eigenvalue weighted by Crippen LogP contribution is 2.25. The minimum atomic E-state index is -0.110. The molecule has 2 aromatic rings. The van der Waals surface area contributed by atoms with Crippen LogP contribution in [0.1, 0.15) is 28.2 Å². The molecule has 0 aliphatic heterocycles. The van der Waals surface area contributed by atoms with E-state index in [1.165, 1.54) is 0 Å². The summed E-state index contributed by atoms with van der Waals surface area (Å²) in [7, 11) is 1.78. The molecule has 1 amide bonds. The number of hydrogen-bond donors (Lipinski definition) is 1. The molecule has 2 rings (SSSR count). The number of carbonyl (C=O) groups excluding carboxylic acids is 1. The normalized spacial score (nSPS) is 12.1. The fourth-order valence-corrected chi connectivity index (χ4v) is 2.51. The number of amides is 1. The van der Waals surface area contributed by atoms with Crippen molar-refractivity contribution in [2.45, 2.75) is 13.0 Å². The Morgan fingerprint density at radius 3 is 2.83 bits per heavy atom. The second kappa shape index (κ2) is 5.18. The molecule has 4 nitrogen and oxygen atoms in total. The molecule has 0 spiro atoms. The van der Waals surface area contributed by atoms with Crippen LogP contribution < -0.4 is 5.73 Å². The van der Waals surface area contributed by atoms with Crippen molar-refractivity contribution in [3.63, 3.8) is 0 Å². The third-order valence-corrected chi connectivity index (χ3v) is 3.97. The number of hydrogen-bond acceptors (Lipinski definition) is 4. The molecule has 18 heavy (non-hydrogen) atoms. The van der Waals surface area contributed by atoms with Gasteiger partial charge in [-0.3, -0.25) is 4.79 Å². The second-order valence-corrected chi connectivity index (χ2v) is 5.02. The number of nitrogens with zero attached hydrogens (tertiary/aromatic N) is 2. The summed E-state index contributed by atoms with van der Waals surface area (Å²) in [4.78, 5) is 19.1. The zero-order valence-electron chi connectivity index (χ0n) is 10.3. The van der Waals surface area contributed by atoms with Crippen LogP contribution in [-0.4, -0.2) is 22.8 Å². The molecule has 1 atom stereocenters. The van der Waals surface area contributed by atoms with E-state index in [0.29, 0.717) is 5.56 Å². The summed E-state index contributed by atoms with van der Waals surface area (Å²) in [5, 5.41) is 2.00. The van der Waals surface area contributed by atoms with Crippen LogP contribution in [0, 0.1) is 0 Å². The molecular weight excluding hydrogens is 246 g/mol. The first-order chi connectivity index (χ1) is 8.61. The predicted octanol–water partition coefficient (Wildman–Crippen LogP) is 2.56. The van der Waals surface area contributed by atoms with Gasteiger partial charge in [-0.05, 0) is 30.5 Å². The average molecular weight is 261 g/mol. The molecule has 1 unspecified atom stereocenters. The largest absolute Gasteiger partial charge is 0.383 e. The van der Waals surface area contributed by atoms with E-state index in [2.05, 4.69) is 4.98 Å². The molecule has 0 bridgehead atoms. The minimum Gasteiger partial charge on any atom is -0.383 e. The van der Waals surface area contributed by atoms with Crippen LogP contribution in [0.3, 0.4) is 0 Å². The number of pyridine rings is 1. The van der Waals surface area contributed by atoms with E-state index < -0.39 is 0 Å². The highest BCUT2D eigenvalue weighted by atomic mass is 32.1. The first-order valence-corrected chi connectivity index (χ1v) is 6.50. The Balaban J connectivity index is 2.22. The second-order valence-electron chi connectivity index (χ2n) is 4.04. The first-order valence-electron chi connectivity index (χ1n) is 5.62. The van der Waals surface area contributed by atoms with Crippen LogP contribution in [-0.2, 0) is 0 Å². The first kappa shape index (κ1) is 12.6. The molecule has 0 saturated carbocycles. The van der Waals surface area contributed by atoms with Crippen molar-refractivity contribution in [3.05, 3.63) is 46.3 Å². The summed E-state index contributed by atoms with van der Waals surface area (Å²) in [6, 6.07) is 7.44. The van der Waals surface area contributed by atoms with Gasteiger partial charge in [0.05, 0.1) is 11.6 Å². The van der Waals surface area contributed by atoms with Crippen LogP contribution in [0.25, 0.3) is 0 Å². The summed E-state index contributed by atoms with van der Waals surface area (Å²) in [6.07, 6.45) is 1.58. The summed E-state index contributed by atoms with van der Waals surface area (Å²) < 4.78 is 0. The summed E-state index contributed by atoms with van der Waals surface area (Å²) in [6.45, 7) is 2.00. The number of nitrogens with two attached hydrogens (primary N) is 1. The third-order valence-electron chi connectivity index (χ3n) is 2.93. The van der Waals surface area contributed by atoms with Crippen LogP contribution >= 0.6 is 11.3 Å². The molecular formula is C13H15N3OS. The lowest BCUT2D eigenvalue weighted by Gasteiger charge is -2.24. The van der Waals surface area contributed by atoms with Crippen molar-refractivity contribution in [2.75, 3.05) is 12.8 Å². The predicted molar refractivity (Wildman–Crippen MR) is 73.5 cm³/mol. The van der Waals surface area contributed by atoms with E-state index in [9.17, 15) is 4.79 Å². The fourth-order valence-electron chi connectivity index (χ4n) is 1.68. The number of rotatable bonds is 3. The maximum absolute atomic E-state index is 12.3. The molecule has 2 N–H and O–H groups in total. The van der Waals surface area contributed by atoms with Gasteiger partial charge in [-0.25, -0.2) is 4.98 Å². The quantitative estimate of drug-likeness (QED) is 0.923. The summed E-state index contributed by atoms with van der Waals surface area (Å²) >= 11 is 1.64. The lowest BCUT2D eigenvalue weighted by atomic mass is 10.2. The highest BCUT2D eigenvalue weighted by Gasteiger charge is 2.21. The molecule has 0 fully saturated rings. The number of nitrogen functional groups attached to an aromatic ring is 1. The van der Waals surface area contributed by atoms with Crippen LogP contribution in [0.2, 0.25) is 0 Å². The Hall–Kier alpha value is -1.88. The Bertz CT molecular complexity index is 539. The topological polar surface area (TPSA) is 59.2 Å². The van der Waals surface area contributed by atoms with Gasteiger partial charge in [0, 0.05) is 18.1 Å². The van der Waals surface area contributed by atoms with Crippen molar-refractivity contribution in [3.8, 4) is 0 Å². The maximum Gasteiger partial charge on any atom is 0.257 e. The van der Waals surface area contributed by atoms with Gasteiger partial charge in [0.15, 0.2) is 0 Å². The van der Waals surface area contributed by atoms with Crippen molar-refractivity contribution in [1.82, 2.24) is 9.88 Å². The van der Waals surface area contributed by atoms with Crippen molar-refractivity contribution in [1.29, 1.82) is 0 Å². The number of aromatic nitrogens is 1. The average Bonchev–Trinajstić information content (AvgIpc) is 2.90. The summed E-state index contributed by atoms with van der Waals surface area (Å²) in [5.41, 5.74) is 6.17. The zero-order chi connectivity index (χ0) is 13.1. The standard InChI is InChI=1S/C13H15N3OS/c1-9(11-6-4-8-18-11)16(2)13(17)10-5-3-7-15-12(10)14/h3-9H,1-2H3,(H2,14,15). The van der Waals surface area contributed by atoms with Crippen molar-refractivity contribution < 1.29 is 4.79 Å². The number of carbonyl (C=O) groups is 1. The molecule has 2 aromatic heterocycles. The Labute approximate surface area is 110 Å². The van der Waals surface area contributed by atoms with E-state index in [4.69, 9.17) is 5.73 Å². The lowest BCUT2D eigenvalue weighted by Crippen LogP contribution is -2.30. The third kappa shape index (κ3) is 2.36. The zero-order valence-corrected chi connectivity index (χ0v) is 11.1. The molecule has 2 heterocycles. The van der Waals surface area contributed by atoms with Crippen LogP contribution in [0.4, 0.5) is 5.82 Å². The van der Waals surface area contributed by atoms with Gasteiger partial charge < -0.3 is 10.6 Å². The van der Waals surface area contributed by atoms with E-state index in [1.54, 1.807) is 41.6 Å². The molecule has 5 heteroatoms. The Morgan fingerprint density at radius 1 is 1.44 bits per heavy atom. The monoisotopic (exact) mass is 261 g/mol. The minimum absolute atomic E-state index is 0.0251. The van der Waals surface area contributed by atoms with Gasteiger partial charge in [-0.2, -0.15) is 0 Å². The Morgan fingerprint density at radius 2 is 2.22 bits per heavy atom. The van der Waals surface area contributed by atoms with Gasteiger partial charge in [0.1, 0.15) is 5.82 Å². The van der Waals surface area contributed by atoms with Gasteiger partial charge in [-0.15, -0.1) is 11.3 Å². The van der Waals surface area contributed by atoms with Gasteiger partial charge >= 0.3 is 0 Å². The van der Waals surface area contributed by atoms with Crippen molar-refractivity contribution >= 4 is 23.1 Å². The number of anilines is 1. The molecule has 94 valence electrons. The van der Waals surface area contributed by atoms with Crippen LogP contribution in [0.15, 0.2) is 35.8 Å². The number of thiophene rings is 1. The SMILES string of the molecule is CC(c1cccs1)N(C)C(=O)c1cccnc1N. The lowest BCUT2D eigenvalue weighted by molar-refractivity contribution is 0.0745. The van der Waals surface area contributed by atoms with E-state index in [0.717, 1.165) is 4.88 Å². The molecule has 0 aliphatic carbocycles. The Kier molecular flexibility index (Phi) is 3.62. The molecule has 0 aromatic carbocycles. The van der Waals surface area contributed by atoms with E-state index in [-0.39, 0.29) is 17.8 Å². The van der Waals surface area contributed by atoms with Gasteiger partial charge in [-0.1, -0.05) is 6.07 Å². The van der Waals surface area contributed by atoms with E-state index >= 15 is 0 Å².